The number of hydrogen-bond donors (Lipinski definition) is 1. The van der Waals surface area contributed by atoms with E-state index in [4.69, 9.17) is 0 Å². The molecule has 0 spiro atoms. The van der Waals surface area contributed by atoms with Crippen LogP contribution in [0.1, 0.15) is 15.9 Å². The Hall–Kier alpha value is -2.86. The summed E-state index contributed by atoms with van der Waals surface area (Å²) in [4.78, 5) is 27.8. The van der Waals surface area contributed by atoms with Crippen LogP contribution < -0.4 is 10.4 Å². The van der Waals surface area contributed by atoms with Crippen LogP contribution >= 0.6 is 11.8 Å². The largest absolute Gasteiger partial charge is 0.545 e. The first-order valence-electron chi connectivity index (χ1n) is 6.78. The lowest BCUT2D eigenvalue weighted by Crippen LogP contribution is -2.23. The summed E-state index contributed by atoms with van der Waals surface area (Å²) in [5, 5.41) is 14.0. The molecule has 2 aromatic rings. The van der Waals surface area contributed by atoms with Crippen LogP contribution in [0.25, 0.3) is 6.08 Å². The van der Waals surface area contributed by atoms with Gasteiger partial charge in [-0.3, -0.25) is 4.79 Å². The number of nitrogens with zero attached hydrogens (tertiary/aromatic N) is 1. The Balaban J connectivity index is 1.88. The standard InChI is InChI=1S/C17H12N2O3S/c20-15-14(10-11-6-2-1-3-7-11)23-17(19-15)18-13-9-5-4-8-12(13)16(21)22/h1-10H,(H,21,22)(H,18,19,20)/p-1/b14-10-. The van der Waals surface area contributed by atoms with Crippen molar-refractivity contribution in [2.24, 2.45) is 4.99 Å². The lowest BCUT2D eigenvalue weighted by molar-refractivity contribution is -0.254. The van der Waals surface area contributed by atoms with Gasteiger partial charge in [0.25, 0.3) is 5.91 Å². The second kappa shape index (κ2) is 6.50. The van der Waals surface area contributed by atoms with Crippen molar-refractivity contribution in [1.29, 1.82) is 0 Å². The summed E-state index contributed by atoms with van der Waals surface area (Å²) < 4.78 is 0. The molecule has 5 nitrogen and oxygen atoms in total. The van der Waals surface area contributed by atoms with Crippen molar-refractivity contribution in [3.8, 4) is 0 Å². The molecule has 23 heavy (non-hydrogen) atoms. The van der Waals surface area contributed by atoms with Gasteiger partial charge in [-0.05, 0) is 29.5 Å². The van der Waals surface area contributed by atoms with Gasteiger partial charge in [0.1, 0.15) is 0 Å². The van der Waals surface area contributed by atoms with E-state index in [0.717, 1.165) is 5.56 Å². The zero-order valence-corrected chi connectivity index (χ0v) is 12.7. The number of nitrogens with one attached hydrogen (secondary N) is 1. The number of thioether (sulfide) groups is 1. The van der Waals surface area contributed by atoms with Gasteiger partial charge >= 0.3 is 0 Å². The van der Waals surface area contributed by atoms with Crippen molar-refractivity contribution in [3.05, 3.63) is 70.6 Å². The van der Waals surface area contributed by atoms with E-state index in [1.807, 2.05) is 30.3 Å². The van der Waals surface area contributed by atoms with Gasteiger partial charge in [-0.1, -0.05) is 48.5 Å². The van der Waals surface area contributed by atoms with Crippen LogP contribution in [0.15, 0.2) is 64.5 Å². The van der Waals surface area contributed by atoms with E-state index in [1.165, 1.54) is 17.8 Å². The topological polar surface area (TPSA) is 81.6 Å². The summed E-state index contributed by atoms with van der Waals surface area (Å²) in [6.07, 6.45) is 1.76. The lowest BCUT2D eigenvalue weighted by Gasteiger charge is -2.06. The maximum Gasteiger partial charge on any atom is 0.264 e. The Morgan fingerprint density at radius 1 is 1.09 bits per heavy atom. The Labute approximate surface area is 136 Å². The van der Waals surface area contributed by atoms with Crippen LogP contribution in [0.2, 0.25) is 0 Å². The molecule has 0 bridgehead atoms. The summed E-state index contributed by atoms with van der Waals surface area (Å²) in [6.45, 7) is 0. The molecule has 2 aromatic carbocycles. The van der Waals surface area contributed by atoms with Crippen molar-refractivity contribution >= 4 is 40.6 Å². The minimum absolute atomic E-state index is 0.0182. The highest BCUT2D eigenvalue weighted by Gasteiger charge is 2.24. The third-order valence-corrected chi connectivity index (χ3v) is 4.00. The van der Waals surface area contributed by atoms with Crippen molar-refractivity contribution in [1.82, 2.24) is 5.32 Å². The second-order valence-corrected chi connectivity index (χ2v) is 5.73. The Bertz CT molecular complexity index is 829. The van der Waals surface area contributed by atoms with Gasteiger partial charge in [0, 0.05) is 5.56 Å². The Morgan fingerprint density at radius 2 is 1.78 bits per heavy atom. The fourth-order valence-electron chi connectivity index (χ4n) is 2.03. The SMILES string of the molecule is O=C1NC(=Nc2ccccc2C(=O)[O-])S/C1=C\c1ccccc1. The Kier molecular flexibility index (Phi) is 4.25. The third kappa shape index (κ3) is 3.49. The minimum atomic E-state index is -1.31. The predicted molar refractivity (Wildman–Crippen MR) is 88.0 cm³/mol. The normalized spacial score (nSPS) is 17.5. The molecule has 1 aliphatic heterocycles. The van der Waals surface area contributed by atoms with Gasteiger partial charge in [0.2, 0.25) is 0 Å². The molecule has 1 N–H and O–H groups in total. The molecular weight excluding hydrogens is 312 g/mol. The van der Waals surface area contributed by atoms with E-state index in [-0.39, 0.29) is 17.2 Å². The zero-order valence-electron chi connectivity index (χ0n) is 11.9. The molecule has 0 radical (unpaired) electrons. The number of carboxylic acids is 1. The summed E-state index contributed by atoms with van der Waals surface area (Å²) in [5.41, 5.74) is 1.13. The van der Waals surface area contributed by atoms with Crippen LogP contribution in [0, 0.1) is 0 Å². The number of amidine groups is 1. The molecule has 1 amide bonds. The van der Waals surface area contributed by atoms with Crippen LogP contribution in [-0.2, 0) is 4.79 Å². The molecule has 0 atom stereocenters. The molecule has 0 aliphatic carbocycles. The smallest absolute Gasteiger partial charge is 0.264 e. The number of hydrogen-bond acceptors (Lipinski definition) is 5. The number of carbonyl (C=O) groups is 2. The van der Waals surface area contributed by atoms with Gasteiger partial charge in [0.15, 0.2) is 5.17 Å². The molecule has 1 fully saturated rings. The van der Waals surface area contributed by atoms with Gasteiger partial charge < -0.3 is 15.2 Å². The highest BCUT2D eigenvalue weighted by Crippen LogP contribution is 2.29. The fourth-order valence-corrected chi connectivity index (χ4v) is 2.87. The molecular formula is C17H11N2O3S-. The lowest BCUT2D eigenvalue weighted by atomic mass is 10.2. The van der Waals surface area contributed by atoms with E-state index in [9.17, 15) is 14.7 Å². The number of amides is 1. The van der Waals surface area contributed by atoms with Crippen molar-refractivity contribution in [2.45, 2.75) is 0 Å². The fraction of sp³-hybridized carbons (Fsp3) is 0. The van der Waals surface area contributed by atoms with Gasteiger partial charge in [-0.15, -0.1) is 0 Å². The number of aromatic carboxylic acids is 1. The molecule has 1 saturated heterocycles. The first-order chi connectivity index (χ1) is 11.1. The number of para-hydroxylation sites is 1. The number of benzene rings is 2. The first kappa shape index (κ1) is 15.1. The molecule has 1 heterocycles. The average Bonchev–Trinajstić information content (AvgIpc) is 2.88. The molecule has 1 aliphatic rings. The summed E-state index contributed by atoms with van der Waals surface area (Å²) in [6, 6.07) is 15.7. The third-order valence-electron chi connectivity index (χ3n) is 3.09. The average molecular weight is 323 g/mol. The maximum atomic E-state index is 12.0. The Morgan fingerprint density at radius 3 is 2.52 bits per heavy atom. The van der Waals surface area contributed by atoms with E-state index >= 15 is 0 Å². The van der Waals surface area contributed by atoms with Crippen LogP contribution in [0.3, 0.4) is 0 Å². The predicted octanol–water partition coefficient (Wildman–Crippen LogP) is 1.94. The van der Waals surface area contributed by atoms with Crippen LogP contribution in [0.4, 0.5) is 5.69 Å². The molecule has 6 heteroatoms. The van der Waals surface area contributed by atoms with Crippen molar-refractivity contribution < 1.29 is 14.7 Å². The number of rotatable bonds is 3. The van der Waals surface area contributed by atoms with Gasteiger partial charge in [-0.2, -0.15) is 0 Å². The summed E-state index contributed by atoms with van der Waals surface area (Å²) in [5.74, 6) is -1.57. The number of aliphatic imine (C=N–C) groups is 1. The van der Waals surface area contributed by atoms with Crippen molar-refractivity contribution in [3.63, 3.8) is 0 Å². The van der Waals surface area contributed by atoms with E-state index in [1.54, 1.807) is 24.3 Å². The van der Waals surface area contributed by atoms with Crippen LogP contribution in [-0.4, -0.2) is 17.0 Å². The first-order valence-corrected chi connectivity index (χ1v) is 7.60. The number of carboxylic acid groups (broad SMARTS) is 1. The maximum absolute atomic E-state index is 12.0. The molecule has 0 unspecified atom stereocenters. The van der Waals surface area contributed by atoms with Crippen molar-refractivity contribution in [2.75, 3.05) is 0 Å². The van der Waals surface area contributed by atoms with E-state index < -0.39 is 5.97 Å². The quantitative estimate of drug-likeness (QED) is 0.875. The minimum Gasteiger partial charge on any atom is -0.545 e. The molecule has 0 aromatic heterocycles. The highest BCUT2D eigenvalue weighted by molar-refractivity contribution is 8.18. The monoisotopic (exact) mass is 323 g/mol. The van der Waals surface area contributed by atoms with Crippen LogP contribution in [0.5, 0.6) is 0 Å². The van der Waals surface area contributed by atoms with E-state index in [2.05, 4.69) is 10.3 Å². The summed E-state index contributed by atoms with van der Waals surface area (Å²) in [7, 11) is 0. The molecule has 114 valence electrons. The summed E-state index contributed by atoms with van der Waals surface area (Å²) >= 11 is 1.17. The zero-order chi connectivity index (χ0) is 16.2. The van der Waals surface area contributed by atoms with Gasteiger partial charge in [-0.25, -0.2) is 4.99 Å². The molecule has 0 saturated carbocycles. The van der Waals surface area contributed by atoms with Gasteiger partial charge in [0.05, 0.1) is 16.6 Å². The highest BCUT2D eigenvalue weighted by atomic mass is 32.2. The number of carbonyl (C=O) groups excluding carboxylic acids is 2. The molecule has 3 rings (SSSR count). The van der Waals surface area contributed by atoms with E-state index in [0.29, 0.717) is 10.1 Å². The second-order valence-electron chi connectivity index (χ2n) is 4.70.